The van der Waals surface area contributed by atoms with Gasteiger partial charge in [-0.2, -0.15) is 0 Å². The van der Waals surface area contributed by atoms with E-state index in [1.165, 1.54) is 6.42 Å². The predicted octanol–water partition coefficient (Wildman–Crippen LogP) is 3.92. The molecule has 1 aliphatic carbocycles. The van der Waals surface area contributed by atoms with Gasteiger partial charge < -0.3 is 10.4 Å². The van der Waals surface area contributed by atoms with Crippen LogP contribution in [0.5, 0.6) is 0 Å². The van der Waals surface area contributed by atoms with Crippen molar-refractivity contribution in [3.8, 4) is 0 Å². The van der Waals surface area contributed by atoms with Crippen molar-refractivity contribution >= 4 is 5.91 Å². The Morgan fingerprint density at radius 2 is 1.83 bits per heavy atom. The van der Waals surface area contributed by atoms with Gasteiger partial charge in [0, 0.05) is 11.3 Å². The van der Waals surface area contributed by atoms with E-state index in [1.54, 1.807) is 0 Å². The van der Waals surface area contributed by atoms with Crippen LogP contribution in [-0.2, 0) is 10.2 Å². The first kappa shape index (κ1) is 18.0. The number of aliphatic hydroxyl groups is 1. The molecule has 3 nitrogen and oxygen atoms in total. The van der Waals surface area contributed by atoms with E-state index in [1.807, 2.05) is 19.1 Å². The van der Waals surface area contributed by atoms with E-state index >= 15 is 0 Å². The van der Waals surface area contributed by atoms with Gasteiger partial charge in [0.2, 0.25) is 5.91 Å². The molecule has 128 valence electrons. The van der Waals surface area contributed by atoms with Crippen molar-refractivity contribution in [2.45, 2.75) is 71.4 Å². The fourth-order valence-electron chi connectivity index (χ4n) is 3.72. The molecule has 0 radical (unpaired) electrons. The second kappa shape index (κ2) is 7.48. The average Bonchev–Trinajstić information content (AvgIpc) is 2.55. The van der Waals surface area contributed by atoms with Gasteiger partial charge in [-0.3, -0.25) is 4.79 Å². The summed E-state index contributed by atoms with van der Waals surface area (Å²) in [5.41, 5.74) is 1.75. The van der Waals surface area contributed by atoms with Gasteiger partial charge in [-0.1, -0.05) is 64.3 Å². The Labute approximate surface area is 140 Å². The molecule has 0 spiro atoms. The van der Waals surface area contributed by atoms with Crippen molar-refractivity contribution in [3.05, 3.63) is 35.4 Å². The third kappa shape index (κ3) is 3.77. The normalized spacial score (nSPS) is 20.1. The van der Waals surface area contributed by atoms with E-state index in [2.05, 4.69) is 38.2 Å². The summed E-state index contributed by atoms with van der Waals surface area (Å²) in [6, 6.07) is 8.13. The predicted molar refractivity (Wildman–Crippen MR) is 94.1 cm³/mol. The Morgan fingerprint density at radius 3 is 2.39 bits per heavy atom. The molecule has 0 aromatic heterocycles. The first-order valence-corrected chi connectivity index (χ1v) is 8.92. The number of carbonyl (C=O) groups is 1. The van der Waals surface area contributed by atoms with Crippen LogP contribution >= 0.6 is 0 Å². The summed E-state index contributed by atoms with van der Waals surface area (Å²) in [6.45, 7) is 8.31. The summed E-state index contributed by atoms with van der Waals surface area (Å²) in [5, 5.41) is 13.8. The van der Waals surface area contributed by atoms with Crippen molar-refractivity contribution in [2.75, 3.05) is 0 Å². The minimum absolute atomic E-state index is 0.0117. The Kier molecular flexibility index (Phi) is 5.85. The zero-order valence-electron chi connectivity index (χ0n) is 14.9. The van der Waals surface area contributed by atoms with Crippen molar-refractivity contribution in [1.82, 2.24) is 5.32 Å². The minimum Gasteiger partial charge on any atom is -0.373 e. The lowest BCUT2D eigenvalue weighted by Crippen LogP contribution is -2.53. The third-order valence-electron chi connectivity index (χ3n) is 5.75. The number of hydrogen-bond donors (Lipinski definition) is 2. The second-order valence-electron chi connectivity index (χ2n) is 7.50. The van der Waals surface area contributed by atoms with Crippen molar-refractivity contribution < 1.29 is 9.90 Å². The summed E-state index contributed by atoms with van der Waals surface area (Å²) in [7, 11) is 0. The maximum absolute atomic E-state index is 12.5. The van der Waals surface area contributed by atoms with Crippen LogP contribution in [0, 0.1) is 18.8 Å². The van der Waals surface area contributed by atoms with Gasteiger partial charge in [0.25, 0.3) is 0 Å². The van der Waals surface area contributed by atoms with Crippen LogP contribution in [0.1, 0.15) is 64.0 Å². The largest absolute Gasteiger partial charge is 0.373 e. The molecule has 1 fully saturated rings. The van der Waals surface area contributed by atoms with Gasteiger partial charge in [0.05, 0.1) is 0 Å². The molecule has 1 saturated carbocycles. The van der Waals surface area contributed by atoms with Crippen molar-refractivity contribution in [3.63, 3.8) is 0 Å². The fourth-order valence-corrected chi connectivity index (χ4v) is 3.72. The monoisotopic (exact) mass is 317 g/mol. The molecule has 0 bridgehead atoms. The van der Waals surface area contributed by atoms with E-state index in [4.69, 9.17) is 0 Å². The Morgan fingerprint density at radius 1 is 1.22 bits per heavy atom. The first-order valence-electron chi connectivity index (χ1n) is 8.92. The molecular formula is C20H31NO2. The number of carbonyl (C=O) groups excluding carboxylic acids is 1. The van der Waals surface area contributed by atoms with Crippen molar-refractivity contribution in [1.29, 1.82) is 0 Å². The Bertz CT molecular complexity index is 534. The number of hydrogen-bond acceptors (Lipinski definition) is 2. The summed E-state index contributed by atoms with van der Waals surface area (Å²) < 4.78 is 0. The van der Waals surface area contributed by atoms with E-state index < -0.39 is 11.6 Å². The highest BCUT2D eigenvalue weighted by atomic mass is 16.3. The van der Waals surface area contributed by atoms with Gasteiger partial charge in [-0.15, -0.1) is 0 Å². The molecule has 1 aromatic carbocycles. The highest BCUT2D eigenvalue weighted by molar-refractivity contribution is 5.79. The van der Waals surface area contributed by atoms with Gasteiger partial charge in [0.15, 0.2) is 0 Å². The summed E-state index contributed by atoms with van der Waals surface area (Å²) in [5.74, 6) is 0.273. The van der Waals surface area contributed by atoms with Crippen molar-refractivity contribution in [2.24, 2.45) is 11.8 Å². The van der Waals surface area contributed by atoms with Gasteiger partial charge >= 0.3 is 0 Å². The molecule has 23 heavy (non-hydrogen) atoms. The van der Waals surface area contributed by atoms with E-state index in [9.17, 15) is 9.90 Å². The standard InChI is InChI=1S/C20H31NO2/c1-14(2)20(4,17-13-9-8-10-15(17)3)19(23)21-18(22)16-11-6-5-7-12-16/h8-10,13-14,16,19,23H,5-7,11-12H2,1-4H3,(H,21,22). The first-order chi connectivity index (χ1) is 10.9. The van der Waals surface area contributed by atoms with Gasteiger partial charge in [-0.05, 0) is 36.8 Å². The molecule has 2 rings (SSSR count). The Balaban J connectivity index is 2.20. The van der Waals surface area contributed by atoms with Gasteiger partial charge in [-0.25, -0.2) is 0 Å². The number of nitrogens with one attached hydrogen (secondary N) is 1. The highest BCUT2D eigenvalue weighted by Gasteiger charge is 2.40. The second-order valence-corrected chi connectivity index (χ2v) is 7.50. The van der Waals surface area contributed by atoms with Crippen LogP contribution in [0.4, 0.5) is 0 Å². The SMILES string of the molecule is Cc1ccccc1C(C)(C(C)C)C(O)NC(=O)C1CCCCC1. The zero-order chi connectivity index (χ0) is 17.0. The molecule has 2 N–H and O–H groups in total. The molecule has 0 aliphatic heterocycles. The molecule has 1 aromatic rings. The summed E-state index contributed by atoms with van der Waals surface area (Å²) >= 11 is 0. The van der Waals surface area contributed by atoms with Crippen LogP contribution in [-0.4, -0.2) is 17.2 Å². The summed E-state index contributed by atoms with van der Waals surface area (Å²) in [6.07, 6.45) is 4.47. The maximum atomic E-state index is 12.5. The van der Waals surface area contributed by atoms with E-state index in [-0.39, 0.29) is 17.7 Å². The lowest BCUT2D eigenvalue weighted by molar-refractivity contribution is -0.131. The quantitative estimate of drug-likeness (QED) is 0.809. The minimum atomic E-state index is -0.877. The van der Waals surface area contributed by atoms with Crippen LogP contribution in [0.15, 0.2) is 24.3 Å². The fraction of sp³-hybridized carbons (Fsp3) is 0.650. The van der Waals surface area contributed by atoms with E-state index in [0.29, 0.717) is 0 Å². The smallest absolute Gasteiger partial charge is 0.225 e. The van der Waals surface area contributed by atoms with Crippen LogP contribution < -0.4 is 5.32 Å². The van der Waals surface area contributed by atoms with Crippen LogP contribution in [0.3, 0.4) is 0 Å². The zero-order valence-corrected chi connectivity index (χ0v) is 14.9. The van der Waals surface area contributed by atoms with E-state index in [0.717, 1.165) is 36.8 Å². The molecule has 1 amide bonds. The molecule has 2 atom stereocenters. The molecule has 0 saturated heterocycles. The average molecular weight is 317 g/mol. The maximum Gasteiger partial charge on any atom is 0.225 e. The molecule has 0 heterocycles. The molecule has 1 aliphatic rings. The lowest BCUT2D eigenvalue weighted by Gasteiger charge is -2.40. The number of aryl methyl sites for hydroxylation is 1. The third-order valence-corrected chi connectivity index (χ3v) is 5.75. The lowest BCUT2D eigenvalue weighted by atomic mass is 9.70. The number of rotatable bonds is 5. The van der Waals surface area contributed by atoms with Crippen LogP contribution in [0.2, 0.25) is 0 Å². The molecular weight excluding hydrogens is 286 g/mol. The highest BCUT2D eigenvalue weighted by Crippen LogP contribution is 2.37. The number of aliphatic hydroxyl groups excluding tert-OH is 1. The summed E-state index contributed by atoms with van der Waals surface area (Å²) in [4.78, 5) is 12.5. The van der Waals surface area contributed by atoms with Crippen LogP contribution in [0.25, 0.3) is 0 Å². The molecule has 3 heteroatoms. The molecule has 2 unspecified atom stereocenters. The number of benzene rings is 1. The number of amides is 1. The van der Waals surface area contributed by atoms with Gasteiger partial charge in [0.1, 0.15) is 6.23 Å². The topological polar surface area (TPSA) is 49.3 Å². The Hall–Kier alpha value is -1.35.